The van der Waals surface area contributed by atoms with Crippen LogP contribution < -0.4 is 0 Å². The van der Waals surface area contributed by atoms with Gasteiger partial charge in [0.25, 0.3) is 0 Å². The average molecular weight is 283 g/mol. The Bertz CT molecular complexity index is 500. The number of halogens is 2. The zero-order chi connectivity index (χ0) is 13.5. The molecule has 1 aromatic carbocycles. The number of Topliss-reactive ketones (excluding diaryl/α,β-unsaturated/α-hetero) is 1. The molecule has 0 amide bonds. The molecule has 0 N–H and O–H groups in total. The lowest BCUT2D eigenvalue weighted by molar-refractivity contribution is -0.118. The Labute approximate surface area is 118 Å². The van der Waals surface area contributed by atoms with Gasteiger partial charge in [-0.15, -0.1) is 0 Å². The molecule has 18 heavy (non-hydrogen) atoms. The third kappa shape index (κ3) is 2.48. The van der Waals surface area contributed by atoms with E-state index in [0.717, 1.165) is 5.56 Å². The van der Waals surface area contributed by atoms with E-state index in [-0.39, 0.29) is 23.0 Å². The van der Waals surface area contributed by atoms with E-state index in [1.54, 1.807) is 6.92 Å². The molecule has 1 aromatic rings. The number of hydrogen-bond donors (Lipinski definition) is 0. The van der Waals surface area contributed by atoms with Crippen LogP contribution >= 0.6 is 23.2 Å². The van der Waals surface area contributed by atoms with Crippen molar-refractivity contribution in [3.05, 3.63) is 40.9 Å². The maximum atomic E-state index is 11.5. The Balaban J connectivity index is 2.20. The smallest absolute Gasteiger partial charge is 0.134 e. The van der Waals surface area contributed by atoms with Gasteiger partial charge in [0.15, 0.2) is 0 Å². The molecule has 0 aliphatic heterocycles. The summed E-state index contributed by atoms with van der Waals surface area (Å²) in [5.41, 5.74) is 0.962. The van der Waals surface area contributed by atoms with Gasteiger partial charge in [-0.1, -0.05) is 55.3 Å². The largest absolute Gasteiger partial charge is 0.300 e. The molecule has 3 heteroatoms. The third-order valence-electron chi connectivity index (χ3n) is 3.79. The Morgan fingerprint density at radius 3 is 2.28 bits per heavy atom. The predicted octanol–water partition coefficient (Wildman–Crippen LogP) is 4.78. The number of hydrogen-bond acceptors (Lipinski definition) is 1. The Hall–Kier alpha value is -0.790. The number of ketones is 1. The fourth-order valence-electron chi connectivity index (χ4n) is 2.63. The number of allylic oxidation sites excluding steroid dienone is 1. The van der Waals surface area contributed by atoms with Crippen LogP contribution in [-0.2, 0) is 4.79 Å². The molecule has 0 radical (unpaired) electrons. The standard InChI is InChI=1S/C15H16Cl2O/c1-9(18)14-12(15(14,2)3)8-13(17)10-4-6-11(16)7-5-10/h4-8,12,14H,1-3H3/b13-8+/t12-,14-/m1/s1. The molecule has 2 rings (SSSR count). The summed E-state index contributed by atoms with van der Waals surface area (Å²) in [6, 6.07) is 7.40. The van der Waals surface area contributed by atoms with Crippen molar-refractivity contribution in [2.45, 2.75) is 20.8 Å². The van der Waals surface area contributed by atoms with Crippen molar-refractivity contribution in [2.75, 3.05) is 0 Å². The van der Waals surface area contributed by atoms with Crippen LogP contribution in [0, 0.1) is 17.3 Å². The third-order valence-corrected chi connectivity index (χ3v) is 4.39. The van der Waals surface area contributed by atoms with E-state index in [0.29, 0.717) is 10.1 Å². The van der Waals surface area contributed by atoms with Gasteiger partial charge in [0, 0.05) is 16.0 Å². The normalized spacial score (nSPS) is 25.9. The molecule has 2 atom stereocenters. The average Bonchev–Trinajstić information content (AvgIpc) is 2.81. The summed E-state index contributed by atoms with van der Waals surface area (Å²) in [7, 11) is 0. The molecule has 0 saturated heterocycles. The van der Waals surface area contributed by atoms with Crippen molar-refractivity contribution in [3.63, 3.8) is 0 Å². The van der Waals surface area contributed by atoms with Gasteiger partial charge in [-0.2, -0.15) is 0 Å². The molecule has 1 aliphatic rings. The van der Waals surface area contributed by atoms with E-state index >= 15 is 0 Å². The van der Waals surface area contributed by atoms with Crippen LogP contribution in [0.4, 0.5) is 0 Å². The van der Waals surface area contributed by atoms with E-state index in [2.05, 4.69) is 13.8 Å². The topological polar surface area (TPSA) is 17.1 Å². The van der Waals surface area contributed by atoms with Crippen LogP contribution in [0.15, 0.2) is 30.3 Å². The molecule has 0 heterocycles. The lowest BCUT2D eigenvalue weighted by Gasteiger charge is -2.01. The lowest BCUT2D eigenvalue weighted by atomic mass is 10.1. The Morgan fingerprint density at radius 1 is 1.28 bits per heavy atom. The van der Waals surface area contributed by atoms with Crippen LogP contribution in [0.2, 0.25) is 5.02 Å². The fraction of sp³-hybridized carbons (Fsp3) is 0.400. The van der Waals surface area contributed by atoms with Gasteiger partial charge in [0.05, 0.1) is 0 Å². The maximum Gasteiger partial charge on any atom is 0.134 e. The highest BCUT2D eigenvalue weighted by Crippen LogP contribution is 2.60. The van der Waals surface area contributed by atoms with Crippen LogP contribution in [0.3, 0.4) is 0 Å². The number of carbonyl (C=O) groups is 1. The van der Waals surface area contributed by atoms with Crippen LogP contribution in [0.1, 0.15) is 26.3 Å². The summed E-state index contributed by atoms with van der Waals surface area (Å²) in [5, 5.41) is 1.38. The molecule has 1 fully saturated rings. The van der Waals surface area contributed by atoms with Crippen molar-refractivity contribution in [1.82, 2.24) is 0 Å². The first-order valence-corrected chi connectivity index (χ1v) is 6.73. The molecule has 1 nitrogen and oxygen atoms in total. The Kier molecular flexibility index (Phi) is 3.57. The van der Waals surface area contributed by atoms with Crippen LogP contribution in [-0.4, -0.2) is 5.78 Å². The summed E-state index contributed by atoms with van der Waals surface area (Å²) < 4.78 is 0. The van der Waals surface area contributed by atoms with E-state index < -0.39 is 0 Å². The minimum Gasteiger partial charge on any atom is -0.300 e. The van der Waals surface area contributed by atoms with Gasteiger partial charge < -0.3 is 0 Å². The van der Waals surface area contributed by atoms with Crippen molar-refractivity contribution < 1.29 is 4.79 Å². The van der Waals surface area contributed by atoms with Crippen LogP contribution in [0.25, 0.3) is 5.03 Å². The van der Waals surface area contributed by atoms with E-state index in [4.69, 9.17) is 23.2 Å². The van der Waals surface area contributed by atoms with Gasteiger partial charge in [-0.25, -0.2) is 0 Å². The van der Waals surface area contributed by atoms with Gasteiger partial charge in [-0.3, -0.25) is 4.79 Å². The summed E-state index contributed by atoms with van der Waals surface area (Å²) in [6.07, 6.45) is 2.00. The fourth-order valence-corrected chi connectivity index (χ4v) is 3.02. The van der Waals surface area contributed by atoms with Gasteiger partial charge >= 0.3 is 0 Å². The van der Waals surface area contributed by atoms with Gasteiger partial charge in [0.2, 0.25) is 0 Å². The van der Waals surface area contributed by atoms with Gasteiger partial charge in [0.1, 0.15) is 5.78 Å². The SMILES string of the molecule is CC(=O)[C@@H]1[C@@H](/C=C(/Cl)c2ccc(Cl)cc2)C1(C)C. The molecule has 1 aliphatic carbocycles. The zero-order valence-electron chi connectivity index (χ0n) is 10.7. The summed E-state index contributed by atoms with van der Waals surface area (Å²) >= 11 is 12.1. The summed E-state index contributed by atoms with van der Waals surface area (Å²) in [4.78, 5) is 11.5. The number of carbonyl (C=O) groups excluding carboxylic acids is 1. The molecule has 0 bridgehead atoms. The minimum atomic E-state index is 0.0262. The highest BCUT2D eigenvalue weighted by Gasteiger charge is 2.58. The van der Waals surface area contributed by atoms with Gasteiger partial charge in [-0.05, 0) is 36.0 Å². The lowest BCUT2D eigenvalue weighted by Crippen LogP contribution is -1.99. The molecule has 0 spiro atoms. The quantitative estimate of drug-likeness (QED) is 0.780. The van der Waals surface area contributed by atoms with Crippen molar-refractivity contribution in [1.29, 1.82) is 0 Å². The maximum absolute atomic E-state index is 11.5. The molecule has 1 saturated carbocycles. The molecule has 0 aromatic heterocycles. The first kappa shape index (κ1) is 13.6. The van der Waals surface area contributed by atoms with Crippen LogP contribution in [0.5, 0.6) is 0 Å². The molecular weight excluding hydrogens is 267 g/mol. The first-order chi connectivity index (χ1) is 8.34. The van der Waals surface area contributed by atoms with Crippen molar-refractivity contribution >= 4 is 34.0 Å². The molecule has 96 valence electrons. The molecular formula is C15H16Cl2O. The second-order valence-electron chi connectivity index (χ2n) is 5.46. The summed E-state index contributed by atoms with van der Waals surface area (Å²) in [6.45, 7) is 5.86. The monoisotopic (exact) mass is 282 g/mol. The minimum absolute atomic E-state index is 0.0262. The second kappa shape index (κ2) is 4.71. The second-order valence-corrected chi connectivity index (χ2v) is 6.30. The summed E-state index contributed by atoms with van der Waals surface area (Å²) in [5.74, 6) is 0.568. The highest BCUT2D eigenvalue weighted by atomic mass is 35.5. The first-order valence-electron chi connectivity index (χ1n) is 5.97. The zero-order valence-corrected chi connectivity index (χ0v) is 12.2. The highest BCUT2D eigenvalue weighted by molar-refractivity contribution is 6.48. The number of rotatable bonds is 3. The van der Waals surface area contributed by atoms with Crippen molar-refractivity contribution in [2.24, 2.45) is 17.3 Å². The Morgan fingerprint density at radius 2 is 1.83 bits per heavy atom. The van der Waals surface area contributed by atoms with E-state index in [1.807, 2.05) is 30.3 Å². The molecule has 0 unspecified atom stereocenters. The van der Waals surface area contributed by atoms with E-state index in [1.165, 1.54) is 0 Å². The van der Waals surface area contributed by atoms with Crippen molar-refractivity contribution in [3.8, 4) is 0 Å². The van der Waals surface area contributed by atoms with E-state index in [9.17, 15) is 4.79 Å². The predicted molar refractivity (Wildman–Crippen MR) is 76.7 cm³/mol. The number of benzene rings is 1.